The number of rotatable bonds is 7. The van der Waals surface area contributed by atoms with Crippen LogP contribution in [0.15, 0.2) is 65.6 Å². The number of halogens is 1. The van der Waals surface area contributed by atoms with E-state index in [2.05, 4.69) is 5.32 Å². The highest BCUT2D eigenvalue weighted by Crippen LogP contribution is 2.26. The van der Waals surface area contributed by atoms with E-state index in [4.69, 9.17) is 21.6 Å². The molecule has 3 aromatic rings. The van der Waals surface area contributed by atoms with Crippen molar-refractivity contribution in [1.82, 2.24) is 0 Å². The van der Waals surface area contributed by atoms with E-state index in [0.29, 0.717) is 21.8 Å². The van der Waals surface area contributed by atoms with Crippen molar-refractivity contribution in [2.24, 2.45) is 0 Å². The number of nitrogens with one attached hydrogen (secondary N) is 1. The van der Waals surface area contributed by atoms with Gasteiger partial charge in [0, 0.05) is 22.5 Å². The van der Waals surface area contributed by atoms with E-state index in [0.717, 1.165) is 6.26 Å². The third-order valence-corrected chi connectivity index (χ3v) is 6.04. The van der Waals surface area contributed by atoms with Gasteiger partial charge in [-0.05, 0) is 61.0 Å². The topological polar surface area (TPSA) is 113 Å². The lowest BCUT2D eigenvalue weighted by molar-refractivity contribution is -0.118. The SMILES string of the molecule is Cc1cc(S(C)(=O)=O)ccc1NC(=O)COc1ccc(Cl)cc1C(=O)c1cccc(C#N)c1. The monoisotopic (exact) mass is 482 g/mol. The first kappa shape index (κ1) is 24.0. The van der Waals surface area contributed by atoms with E-state index in [1.54, 1.807) is 25.1 Å². The molecular weight excluding hydrogens is 464 g/mol. The van der Waals surface area contributed by atoms with E-state index in [1.807, 2.05) is 6.07 Å². The fraction of sp³-hybridized carbons (Fsp3) is 0.125. The first-order valence-electron chi connectivity index (χ1n) is 9.66. The minimum Gasteiger partial charge on any atom is -0.483 e. The molecule has 0 saturated carbocycles. The van der Waals surface area contributed by atoms with Gasteiger partial charge in [0.05, 0.1) is 22.1 Å². The predicted molar refractivity (Wildman–Crippen MR) is 124 cm³/mol. The molecule has 0 bridgehead atoms. The first-order chi connectivity index (χ1) is 15.6. The maximum absolute atomic E-state index is 13.0. The molecule has 7 nitrogen and oxygen atoms in total. The summed E-state index contributed by atoms with van der Waals surface area (Å²) in [6.07, 6.45) is 1.11. The maximum Gasteiger partial charge on any atom is 0.262 e. The Morgan fingerprint density at radius 1 is 1.09 bits per heavy atom. The van der Waals surface area contributed by atoms with Gasteiger partial charge in [-0.15, -0.1) is 0 Å². The van der Waals surface area contributed by atoms with E-state index in [9.17, 15) is 18.0 Å². The summed E-state index contributed by atoms with van der Waals surface area (Å²) in [6, 6.07) is 17.0. The summed E-state index contributed by atoms with van der Waals surface area (Å²) in [5.41, 5.74) is 1.79. The number of hydrogen-bond donors (Lipinski definition) is 1. The predicted octanol–water partition coefficient (Wildman–Crippen LogP) is 4.17. The van der Waals surface area contributed by atoms with Crippen molar-refractivity contribution in [1.29, 1.82) is 5.26 Å². The molecule has 0 aliphatic carbocycles. The molecule has 0 fully saturated rings. The van der Waals surface area contributed by atoms with Crippen LogP contribution in [-0.4, -0.2) is 33.0 Å². The number of benzene rings is 3. The average Bonchev–Trinajstić information content (AvgIpc) is 2.78. The van der Waals surface area contributed by atoms with Gasteiger partial charge in [0.25, 0.3) is 5.91 Å². The Hall–Kier alpha value is -3.67. The zero-order valence-corrected chi connectivity index (χ0v) is 19.3. The largest absolute Gasteiger partial charge is 0.483 e. The second-order valence-corrected chi connectivity index (χ2v) is 9.70. The van der Waals surface area contributed by atoms with Gasteiger partial charge in [0.1, 0.15) is 5.75 Å². The second-order valence-electron chi connectivity index (χ2n) is 7.25. The molecule has 168 valence electrons. The number of aryl methyl sites for hydroxylation is 1. The van der Waals surface area contributed by atoms with Gasteiger partial charge >= 0.3 is 0 Å². The summed E-state index contributed by atoms with van der Waals surface area (Å²) in [5.74, 6) is -0.742. The maximum atomic E-state index is 13.0. The molecule has 1 amide bonds. The van der Waals surface area contributed by atoms with Crippen molar-refractivity contribution in [3.05, 3.63) is 87.9 Å². The molecule has 0 heterocycles. The number of amides is 1. The van der Waals surface area contributed by atoms with Crippen LogP contribution in [0.4, 0.5) is 5.69 Å². The fourth-order valence-electron chi connectivity index (χ4n) is 3.03. The normalized spacial score (nSPS) is 10.8. The van der Waals surface area contributed by atoms with Crippen LogP contribution in [0.25, 0.3) is 0 Å². The number of ether oxygens (including phenoxy) is 1. The van der Waals surface area contributed by atoms with Gasteiger partial charge in [-0.25, -0.2) is 8.42 Å². The van der Waals surface area contributed by atoms with Gasteiger partial charge < -0.3 is 10.1 Å². The summed E-state index contributed by atoms with van der Waals surface area (Å²) < 4.78 is 28.9. The van der Waals surface area contributed by atoms with Gasteiger partial charge in [0.15, 0.2) is 22.2 Å². The Labute approximate surface area is 196 Å². The standard InChI is InChI=1S/C24H19ClN2O5S/c1-15-10-19(33(2,30)31)7-8-21(15)27-23(28)14-32-22-9-6-18(25)12-20(22)24(29)17-5-3-4-16(11-17)13-26/h3-12H,14H2,1-2H3,(H,27,28). The summed E-state index contributed by atoms with van der Waals surface area (Å²) in [5, 5.41) is 12.0. The van der Waals surface area contributed by atoms with E-state index >= 15 is 0 Å². The van der Waals surface area contributed by atoms with Crippen molar-refractivity contribution < 1.29 is 22.7 Å². The third kappa shape index (κ3) is 5.98. The highest BCUT2D eigenvalue weighted by molar-refractivity contribution is 7.90. The molecule has 1 N–H and O–H groups in total. The van der Waals surface area contributed by atoms with Crippen LogP contribution < -0.4 is 10.1 Å². The highest BCUT2D eigenvalue weighted by atomic mass is 35.5. The molecule has 3 aromatic carbocycles. The number of anilines is 1. The highest BCUT2D eigenvalue weighted by Gasteiger charge is 2.17. The van der Waals surface area contributed by atoms with Gasteiger partial charge in [-0.1, -0.05) is 23.7 Å². The summed E-state index contributed by atoms with van der Waals surface area (Å²) in [7, 11) is -3.36. The molecule has 33 heavy (non-hydrogen) atoms. The lowest BCUT2D eigenvalue weighted by Gasteiger charge is -2.13. The van der Waals surface area contributed by atoms with Crippen molar-refractivity contribution >= 4 is 38.8 Å². The zero-order chi connectivity index (χ0) is 24.2. The van der Waals surface area contributed by atoms with Crippen LogP contribution in [-0.2, 0) is 14.6 Å². The summed E-state index contributed by atoms with van der Waals surface area (Å²) >= 11 is 6.06. The number of nitrogens with zero attached hydrogens (tertiary/aromatic N) is 1. The van der Waals surface area contributed by atoms with Crippen LogP contribution in [0, 0.1) is 18.3 Å². The molecule has 0 aliphatic heterocycles. The Morgan fingerprint density at radius 3 is 2.52 bits per heavy atom. The number of hydrogen-bond acceptors (Lipinski definition) is 6. The van der Waals surface area contributed by atoms with Crippen molar-refractivity contribution in [3.8, 4) is 11.8 Å². The number of nitriles is 1. The van der Waals surface area contributed by atoms with Crippen LogP contribution in [0.2, 0.25) is 5.02 Å². The van der Waals surface area contributed by atoms with Gasteiger partial charge in [0.2, 0.25) is 0 Å². The van der Waals surface area contributed by atoms with Crippen molar-refractivity contribution in [2.45, 2.75) is 11.8 Å². The van der Waals surface area contributed by atoms with Crippen LogP contribution >= 0.6 is 11.6 Å². The Bertz CT molecular complexity index is 1390. The zero-order valence-electron chi connectivity index (χ0n) is 17.8. The molecule has 0 aliphatic rings. The van der Waals surface area contributed by atoms with Gasteiger partial charge in [-0.3, -0.25) is 9.59 Å². The smallest absolute Gasteiger partial charge is 0.262 e. The number of carbonyl (C=O) groups excluding carboxylic acids is 2. The molecule has 0 spiro atoms. The number of ketones is 1. The number of carbonyl (C=O) groups is 2. The third-order valence-electron chi connectivity index (χ3n) is 4.70. The first-order valence-corrected chi connectivity index (χ1v) is 11.9. The lowest BCUT2D eigenvalue weighted by Crippen LogP contribution is -2.21. The Balaban J connectivity index is 1.76. The van der Waals surface area contributed by atoms with Crippen LogP contribution in [0.1, 0.15) is 27.0 Å². The lowest BCUT2D eigenvalue weighted by atomic mass is 10.0. The molecule has 0 aromatic heterocycles. The molecule has 0 unspecified atom stereocenters. The second kappa shape index (κ2) is 9.86. The molecule has 3 rings (SSSR count). The molecule has 9 heteroatoms. The minimum absolute atomic E-state index is 0.152. The van der Waals surface area contributed by atoms with Crippen molar-refractivity contribution in [2.75, 3.05) is 18.2 Å². The summed E-state index contributed by atoms with van der Waals surface area (Å²) in [6.45, 7) is 1.28. The molecule has 0 saturated heterocycles. The van der Waals surface area contributed by atoms with E-state index in [1.165, 1.54) is 42.5 Å². The average molecular weight is 483 g/mol. The molecule has 0 radical (unpaired) electrons. The quantitative estimate of drug-likeness (QED) is 0.505. The minimum atomic E-state index is -3.36. The molecular formula is C24H19ClN2O5S. The van der Waals surface area contributed by atoms with Crippen LogP contribution in [0.3, 0.4) is 0 Å². The summed E-state index contributed by atoms with van der Waals surface area (Å²) in [4.78, 5) is 25.6. The molecule has 0 atom stereocenters. The van der Waals surface area contributed by atoms with E-state index < -0.39 is 28.1 Å². The van der Waals surface area contributed by atoms with Crippen LogP contribution in [0.5, 0.6) is 5.75 Å². The Morgan fingerprint density at radius 2 is 1.85 bits per heavy atom. The van der Waals surface area contributed by atoms with Crippen molar-refractivity contribution in [3.63, 3.8) is 0 Å². The van der Waals surface area contributed by atoms with E-state index in [-0.39, 0.29) is 21.8 Å². The van der Waals surface area contributed by atoms with Gasteiger partial charge in [-0.2, -0.15) is 5.26 Å². The fourth-order valence-corrected chi connectivity index (χ4v) is 3.91. The number of sulfone groups is 1. The Kier molecular flexibility index (Phi) is 7.16.